The summed E-state index contributed by atoms with van der Waals surface area (Å²) in [5.41, 5.74) is 0.616. The van der Waals surface area contributed by atoms with Gasteiger partial charge in [-0.05, 0) is 18.1 Å². The third-order valence-corrected chi connectivity index (χ3v) is 1.51. The van der Waals surface area contributed by atoms with Gasteiger partial charge in [0.2, 0.25) is 0 Å². The zero-order valence-corrected chi connectivity index (χ0v) is 6.17. The second kappa shape index (κ2) is 3.34. The van der Waals surface area contributed by atoms with Crippen LogP contribution in [-0.2, 0) is 6.42 Å². The van der Waals surface area contributed by atoms with E-state index in [4.69, 9.17) is 5.26 Å². The molecule has 0 spiro atoms. The van der Waals surface area contributed by atoms with Crippen LogP contribution in [0, 0.1) is 5.82 Å². The van der Waals surface area contributed by atoms with Crippen molar-refractivity contribution in [3.63, 3.8) is 0 Å². The quantitative estimate of drug-likeness (QED) is 0.525. The molecule has 0 radical (unpaired) electrons. The van der Waals surface area contributed by atoms with Crippen LogP contribution < -0.4 is 4.89 Å². The van der Waals surface area contributed by atoms with E-state index in [1.165, 1.54) is 6.07 Å². The molecule has 1 aromatic carbocycles. The molecule has 0 unspecified atom stereocenters. The Bertz CT molecular complexity index is 248. The molecule has 0 aromatic heterocycles. The molecule has 1 rings (SSSR count). The first kappa shape index (κ1) is 8.01. The van der Waals surface area contributed by atoms with Crippen molar-refractivity contribution >= 4 is 0 Å². The van der Waals surface area contributed by atoms with Crippen LogP contribution in [0.5, 0.6) is 5.75 Å². The monoisotopic (exact) mass is 156 g/mol. The van der Waals surface area contributed by atoms with Crippen LogP contribution in [-0.4, -0.2) is 5.26 Å². The molecular formula is C8H9FO2. The summed E-state index contributed by atoms with van der Waals surface area (Å²) >= 11 is 0. The van der Waals surface area contributed by atoms with Gasteiger partial charge in [-0.3, -0.25) is 0 Å². The summed E-state index contributed by atoms with van der Waals surface area (Å²) in [4.78, 5) is 3.85. The fraction of sp³-hybridized carbons (Fsp3) is 0.250. The molecule has 60 valence electrons. The van der Waals surface area contributed by atoms with Crippen molar-refractivity contribution in [3.8, 4) is 5.75 Å². The van der Waals surface area contributed by atoms with Crippen molar-refractivity contribution in [1.29, 1.82) is 0 Å². The Kier molecular flexibility index (Phi) is 2.44. The number of rotatable bonds is 2. The summed E-state index contributed by atoms with van der Waals surface area (Å²) in [5.74, 6) is -0.223. The maximum absolute atomic E-state index is 12.8. The van der Waals surface area contributed by atoms with Gasteiger partial charge in [0.25, 0.3) is 0 Å². The largest absolute Gasteiger partial charge is 0.340 e. The first-order valence-electron chi connectivity index (χ1n) is 3.37. The van der Waals surface area contributed by atoms with Crippen molar-refractivity contribution in [1.82, 2.24) is 0 Å². The normalized spacial score (nSPS) is 9.73. The zero-order chi connectivity index (χ0) is 8.27. The molecule has 0 atom stereocenters. The number of aryl methyl sites for hydroxylation is 1. The second-order valence-electron chi connectivity index (χ2n) is 2.20. The van der Waals surface area contributed by atoms with Crippen molar-refractivity contribution in [2.24, 2.45) is 0 Å². The third-order valence-electron chi connectivity index (χ3n) is 1.51. The molecule has 0 amide bonds. The van der Waals surface area contributed by atoms with Crippen molar-refractivity contribution in [2.45, 2.75) is 13.3 Å². The van der Waals surface area contributed by atoms with Crippen LogP contribution in [0.15, 0.2) is 18.2 Å². The highest BCUT2D eigenvalue weighted by Gasteiger charge is 2.01. The highest BCUT2D eigenvalue weighted by molar-refractivity contribution is 5.28. The Hall–Kier alpha value is -1.09. The lowest BCUT2D eigenvalue weighted by atomic mass is 10.1. The summed E-state index contributed by atoms with van der Waals surface area (Å²) in [5, 5.41) is 8.16. The van der Waals surface area contributed by atoms with Crippen LogP contribution in [0.2, 0.25) is 0 Å². The Morgan fingerprint density at radius 2 is 2.27 bits per heavy atom. The SMILES string of the molecule is CCc1ccc(OO)cc1F. The molecule has 0 bridgehead atoms. The second-order valence-corrected chi connectivity index (χ2v) is 2.20. The van der Waals surface area contributed by atoms with Gasteiger partial charge in [-0.2, -0.15) is 0 Å². The van der Waals surface area contributed by atoms with Crippen LogP contribution in [0.3, 0.4) is 0 Å². The zero-order valence-electron chi connectivity index (χ0n) is 6.17. The summed E-state index contributed by atoms with van der Waals surface area (Å²) in [6.07, 6.45) is 0.636. The Morgan fingerprint density at radius 1 is 1.55 bits per heavy atom. The van der Waals surface area contributed by atoms with Crippen LogP contribution in [0.1, 0.15) is 12.5 Å². The van der Waals surface area contributed by atoms with E-state index in [0.717, 1.165) is 6.07 Å². The number of hydrogen-bond acceptors (Lipinski definition) is 2. The third kappa shape index (κ3) is 1.68. The summed E-state index contributed by atoms with van der Waals surface area (Å²) in [6, 6.07) is 4.25. The number of benzene rings is 1. The van der Waals surface area contributed by atoms with Gasteiger partial charge >= 0.3 is 0 Å². The smallest absolute Gasteiger partial charge is 0.168 e. The van der Waals surface area contributed by atoms with E-state index >= 15 is 0 Å². The van der Waals surface area contributed by atoms with Crippen molar-refractivity contribution in [3.05, 3.63) is 29.6 Å². The number of halogens is 1. The van der Waals surface area contributed by atoms with E-state index in [9.17, 15) is 4.39 Å². The van der Waals surface area contributed by atoms with E-state index in [-0.39, 0.29) is 11.6 Å². The lowest BCUT2D eigenvalue weighted by Crippen LogP contribution is -1.89. The van der Waals surface area contributed by atoms with Gasteiger partial charge in [-0.25, -0.2) is 9.65 Å². The van der Waals surface area contributed by atoms with Crippen LogP contribution in [0.25, 0.3) is 0 Å². The predicted octanol–water partition coefficient (Wildman–Crippen LogP) is 2.24. The van der Waals surface area contributed by atoms with Crippen LogP contribution >= 0.6 is 0 Å². The maximum Gasteiger partial charge on any atom is 0.168 e. The van der Waals surface area contributed by atoms with E-state index in [1.54, 1.807) is 6.07 Å². The number of hydrogen-bond donors (Lipinski definition) is 1. The Morgan fingerprint density at radius 3 is 2.73 bits per heavy atom. The summed E-state index contributed by atoms with van der Waals surface area (Å²) in [6.45, 7) is 1.86. The molecule has 0 fully saturated rings. The molecule has 1 N–H and O–H groups in total. The Labute approximate surface area is 64.2 Å². The van der Waals surface area contributed by atoms with Crippen LogP contribution in [0.4, 0.5) is 4.39 Å². The summed E-state index contributed by atoms with van der Waals surface area (Å²) < 4.78 is 12.8. The molecule has 0 saturated heterocycles. The highest BCUT2D eigenvalue weighted by Crippen LogP contribution is 2.15. The van der Waals surface area contributed by atoms with Gasteiger partial charge in [0.1, 0.15) is 5.82 Å². The van der Waals surface area contributed by atoms with Gasteiger partial charge in [0.05, 0.1) is 0 Å². The highest BCUT2D eigenvalue weighted by atomic mass is 19.1. The average Bonchev–Trinajstić information content (AvgIpc) is 2.04. The average molecular weight is 156 g/mol. The molecule has 0 aliphatic carbocycles. The fourth-order valence-corrected chi connectivity index (χ4v) is 0.872. The predicted molar refractivity (Wildman–Crippen MR) is 39.0 cm³/mol. The minimum absolute atomic E-state index is 0.125. The lowest BCUT2D eigenvalue weighted by Gasteiger charge is -2.00. The molecule has 1 aromatic rings. The van der Waals surface area contributed by atoms with Crippen molar-refractivity contribution in [2.75, 3.05) is 0 Å². The molecule has 0 aliphatic rings. The molecule has 0 aliphatic heterocycles. The first-order valence-corrected chi connectivity index (χ1v) is 3.37. The topological polar surface area (TPSA) is 29.5 Å². The molecule has 11 heavy (non-hydrogen) atoms. The summed E-state index contributed by atoms with van der Waals surface area (Å²) in [7, 11) is 0. The molecule has 0 saturated carbocycles. The fourth-order valence-electron chi connectivity index (χ4n) is 0.872. The maximum atomic E-state index is 12.8. The van der Waals surface area contributed by atoms with Crippen molar-refractivity contribution < 1.29 is 14.5 Å². The molecular weight excluding hydrogens is 147 g/mol. The van der Waals surface area contributed by atoms with Gasteiger partial charge < -0.3 is 4.89 Å². The van der Waals surface area contributed by atoms with Gasteiger partial charge in [0, 0.05) is 6.07 Å². The minimum atomic E-state index is -0.348. The first-order chi connectivity index (χ1) is 5.27. The molecule has 2 nitrogen and oxygen atoms in total. The van der Waals surface area contributed by atoms with E-state index in [2.05, 4.69) is 4.89 Å². The van der Waals surface area contributed by atoms with E-state index < -0.39 is 0 Å². The standard InChI is InChI=1S/C8H9FO2/c1-2-6-3-4-7(11-10)5-8(6)9/h3-5,10H,2H2,1H3. The molecule has 0 heterocycles. The van der Waals surface area contributed by atoms with Gasteiger partial charge in [-0.15, -0.1) is 0 Å². The Balaban J connectivity index is 2.99. The van der Waals surface area contributed by atoms with Gasteiger partial charge in [0.15, 0.2) is 5.75 Å². The lowest BCUT2D eigenvalue weighted by molar-refractivity contribution is -0.137. The molecule has 3 heteroatoms. The van der Waals surface area contributed by atoms with Gasteiger partial charge in [-0.1, -0.05) is 13.0 Å². The van der Waals surface area contributed by atoms with E-state index in [0.29, 0.717) is 12.0 Å². The minimum Gasteiger partial charge on any atom is -0.340 e. The van der Waals surface area contributed by atoms with E-state index in [1.807, 2.05) is 6.92 Å².